The van der Waals surface area contributed by atoms with Gasteiger partial charge in [0.1, 0.15) is 5.52 Å². The van der Waals surface area contributed by atoms with Crippen LogP contribution in [0, 0.1) is 0 Å². The molecule has 10 heteroatoms. The van der Waals surface area contributed by atoms with Crippen LogP contribution in [-0.2, 0) is 0 Å². The van der Waals surface area contributed by atoms with Crippen LogP contribution in [0.5, 0.6) is 5.88 Å². The lowest BCUT2D eigenvalue weighted by atomic mass is 10.1. The lowest BCUT2D eigenvalue weighted by Crippen LogP contribution is -2.24. The number of fused-ring (bicyclic) bond motifs is 1. The zero-order chi connectivity index (χ0) is 18.9. The highest BCUT2D eigenvalue weighted by Gasteiger charge is 2.22. The van der Waals surface area contributed by atoms with Crippen LogP contribution in [-0.4, -0.2) is 34.2 Å². The SMILES string of the molecule is COc1nc(N)nn2ccc(-c3ccc(N=[NH2+])c(NCC(C)(F)F)c3)c12. The summed E-state index contributed by atoms with van der Waals surface area (Å²) in [5.74, 6) is -2.50. The third kappa shape index (κ3) is 3.39. The first-order chi connectivity index (χ1) is 12.3. The minimum atomic E-state index is -2.88. The van der Waals surface area contributed by atoms with Crippen LogP contribution in [0.15, 0.2) is 35.6 Å². The summed E-state index contributed by atoms with van der Waals surface area (Å²) < 4.78 is 33.2. The average molecular weight is 362 g/mol. The van der Waals surface area contributed by atoms with Crippen molar-refractivity contribution in [2.45, 2.75) is 12.8 Å². The van der Waals surface area contributed by atoms with Gasteiger partial charge in [0, 0.05) is 18.7 Å². The molecule has 0 radical (unpaired) electrons. The number of nitrogens with two attached hydrogens (primary N) is 2. The van der Waals surface area contributed by atoms with E-state index in [1.807, 2.05) is 0 Å². The predicted octanol–water partition coefficient (Wildman–Crippen LogP) is 1.90. The summed E-state index contributed by atoms with van der Waals surface area (Å²) in [4.78, 5) is 4.07. The van der Waals surface area contributed by atoms with Gasteiger partial charge in [-0.15, -0.1) is 5.10 Å². The normalized spacial score (nSPS) is 11.5. The van der Waals surface area contributed by atoms with Gasteiger partial charge in [-0.1, -0.05) is 6.07 Å². The summed E-state index contributed by atoms with van der Waals surface area (Å²) in [6.07, 6.45) is 1.71. The molecular weight excluding hydrogens is 344 g/mol. The van der Waals surface area contributed by atoms with Gasteiger partial charge in [0.05, 0.1) is 19.3 Å². The summed E-state index contributed by atoms with van der Waals surface area (Å²) in [5.41, 5.74) is 13.9. The molecule has 5 N–H and O–H groups in total. The summed E-state index contributed by atoms with van der Waals surface area (Å²) in [6, 6.07) is 6.90. The fraction of sp³-hybridized carbons (Fsp3) is 0.250. The van der Waals surface area contributed by atoms with Gasteiger partial charge in [0.2, 0.25) is 11.8 Å². The number of nitrogens with one attached hydrogen (secondary N) is 1. The number of rotatable bonds is 6. The maximum absolute atomic E-state index is 13.2. The van der Waals surface area contributed by atoms with Gasteiger partial charge in [-0.25, -0.2) is 13.3 Å². The number of ether oxygens (including phenoxy) is 1. The number of methoxy groups -OCH3 is 1. The van der Waals surface area contributed by atoms with Crippen molar-refractivity contribution in [3.63, 3.8) is 0 Å². The summed E-state index contributed by atoms with van der Waals surface area (Å²) in [7, 11) is 1.48. The Hall–Kier alpha value is -3.30. The van der Waals surface area contributed by atoms with Gasteiger partial charge in [0.25, 0.3) is 5.92 Å². The molecule has 0 fully saturated rings. The van der Waals surface area contributed by atoms with Crippen LogP contribution in [0.25, 0.3) is 16.6 Å². The van der Waals surface area contributed by atoms with Crippen molar-refractivity contribution >= 4 is 22.8 Å². The number of nitrogen functional groups attached to an aromatic ring is 1. The molecule has 8 nitrogen and oxygen atoms in total. The second-order valence-electron chi connectivity index (χ2n) is 5.79. The molecule has 2 heterocycles. The van der Waals surface area contributed by atoms with Gasteiger partial charge < -0.3 is 15.8 Å². The van der Waals surface area contributed by atoms with Gasteiger partial charge in [0.15, 0.2) is 5.69 Å². The molecule has 136 valence electrons. The number of anilines is 2. The maximum atomic E-state index is 13.2. The molecule has 0 spiro atoms. The molecule has 0 atom stereocenters. The molecule has 0 aliphatic rings. The zero-order valence-corrected chi connectivity index (χ0v) is 14.2. The molecule has 0 unspecified atom stereocenters. The van der Waals surface area contributed by atoms with E-state index < -0.39 is 12.5 Å². The van der Waals surface area contributed by atoms with E-state index in [0.29, 0.717) is 22.8 Å². The van der Waals surface area contributed by atoms with E-state index in [1.54, 1.807) is 35.0 Å². The third-order valence-corrected chi connectivity index (χ3v) is 3.72. The Bertz CT molecular complexity index is 965. The molecule has 0 aliphatic heterocycles. The van der Waals surface area contributed by atoms with Crippen LogP contribution in [0.1, 0.15) is 6.92 Å². The van der Waals surface area contributed by atoms with Crippen molar-refractivity contribution in [1.29, 1.82) is 0 Å². The highest BCUT2D eigenvalue weighted by molar-refractivity contribution is 5.87. The van der Waals surface area contributed by atoms with E-state index in [0.717, 1.165) is 18.1 Å². The van der Waals surface area contributed by atoms with Crippen molar-refractivity contribution in [3.8, 4) is 17.0 Å². The zero-order valence-electron chi connectivity index (χ0n) is 14.2. The quantitative estimate of drug-likeness (QED) is 0.579. The molecule has 0 saturated carbocycles. The first-order valence-corrected chi connectivity index (χ1v) is 7.68. The van der Waals surface area contributed by atoms with Gasteiger partial charge >= 0.3 is 0 Å². The van der Waals surface area contributed by atoms with Gasteiger partial charge in [-0.3, -0.25) is 0 Å². The van der Waals surface area contributed by atoms with Crippen molar-refractivity contribution in [2.24, 2.45) is 5.11 Å². The predicted molar refractivity (Wildman–Crippen MR) is 92.5 cm³/mol. The maximum Gasteiger partial charge on any atom is 0.262 e. The highest BCUT2D eigenvalue weighted by Crippen LogP contribution is 2.35. The topological polar surface area (TPSA) is 115 Å². The van der Waals surface area contributed by atoms with Crippen molar-refractivity contribution < 1.29 is 19.0 Å². The monoisotopic (exact) mass is 362 g/mol. The largest absolute Gasteiger partial charge is 0.479 e. The second kappa shape index (κ2) is 6.54. The fourth-order valence-corrected chi connectivity index (χ4v) is 2.59. The van der Waals surface area contributed by atoms with E-state index in [-0.39, 0.29) is 5.95 Å². The van der Waals surface area contributed by atoms with E-state index in [4.69, 9.17) is 16.0 Å². The van der Waals surface area contributed by atoms with Crippen LogP contribution >= 0.6 is 0 Å². The van der Waals surface area contributed by atoms with Crippen molar-refractivity contribution in [1.82, 2.24) is 14.6 Å². The van der Waals surface area contributed by atoms with Crippen LogP contribution in [0.4, 0.5) is 26.1 Å². The number of halogens is 2. The number of hydrogen-bond acceptors (Lipinski definition) is 6. The number of hydrogen-bond donors (Lipinski definition) is 3. The van der Waals surface area contributed by atoms with E-state index >= 15 is 0 Å². The number of alkyl halides is 2. The van der Waals surface area contributed by atoms with E-state index in [1.165, 1.54) is 7.11 Å². The Labute approximate surface area is 147 Å². The summed E-state index contributed by atoms with van der Waals surface area (Å²) >= 11 is 0. The molecule has 0 bridgehead atoms. The molecule has 2 aromatic heterocycles. The number of aromatic nitrogens is 3. The van der Waals surface area contributed by atoms with Crippen molar-refractivity contribution in [2.75, 3.05) is 24.7 Å². The Morgan fingerprint density at radius 3 is 2.81 bits per heavy atom. The lowest BCUT2D eigenvalue weighted by molar-refractivity contribution is -0.210. The molecule has 26 heavy (non-hydrogen) atoms. The molecule has 3 aromatic rings. The Morgan fingerprint density at radius 1 is 1.38 bits per heavy atom. The highest BCUT2D eigenvalue weighted by atomic mass is 19.3. The molecular formula is C16H18F2N7O+. The lowest BCUT2D eigenvalue weighted by Gasteiger charge is -2.14. The van der Waals surface area contributed by atoms with E-state index in [9.17, 15) is 8.78 Å². The van der Waals surface area contributed by atoms with Crippen LogP contribution in [0.2, 0.25) is 0 Å². The fourth-order valence-electron chi connectivity index (χ4n) is 2.59. The summed E-state index contributed by atoms with van der Waals surface area (Å²) in [6.45, 7) is 0.287. The first-order valence-electron chi connectivity index (χ1n) is 7.68. The first kappa shape index (κ1) is 17.5. The van der Waals surface area contributed by atoms with Crippen molar-refractivity contribution in [3.05, 3.63) is 30.5 Å². The Balaban J connectivity index is 2.10. The van der Waals surface area contributed by atoms with Gasteiger partial charge in [-0.05, 0) is 28.9 Å². The average Bonchev–Trinajstić information content (AvgIpc) is 3.02. The van der Waals surface area contributed by atoms with E-state index in [2.05, 4.69) is 20.5 Å². The van der Waals surface area contributed by atoms with Crippen LogP contribution in [0.3, 0.4) is 0 Å². The Kier molecular flexibility index (Phi) is 4.41. The summed E-state index contributed by atoms with van der Waals surface area (Å²) in [5, 5.41) is 10.4. The minimum Gasteiger partial charge on any atom is -0.479 e. The third-order valence-electron chi connectivity index (χ3n) is 3.72. The smallest absolute Gasteiger partial charge is 0.262 e. The molecule has 3 rings (SSSR count). The molecule has 0 aliphatic carbocycles. The number of benzene rings is 1. The van der Waals surface area contributed by atoms with Gasteiger partial charge in [-0.2, -0.15) is 10.5 Å². The second-order valence-corrected chi connectivity index (χ2v) is 5.79. The minimum absolute atomic E-state index is 0.0707. The molecule has 0 amide bonds. The molecule has 0 saturated heterocycles. The Morgan fingerprint density at radius 2 is 2.15 bits per heavy atom. The number of nitrogens with zero attached hydrogens (tertiary/aromatic N) is 4. The van der Waals surface area contributed by atoms with Crippen LogP contribution < -0.4 is 21.3 Å². The standard InChI is InChI=1S/C16H17F2N7O/c1-16(17,18)8-21-12-7-9(3-4-11(12)23-20)10-5-6-25-13(10)14(26-2)22-15(19)24-25/h3-7,20-21H,8H2,1-2H3,(H2,19,24)/p+1. The molecule has 1 aromatic carbocycles.